The van der Waals surface area contributed by atoms with Gasteiger partial charge in [-0.3, -0.25) is 0 Å². The van der Waals surface area contributed by atoms with Crippen LogP contribution < -0.4 is 10.0 Å². The normalized spacial score (nSPS) is 12.2. The fourth-order valence-electron chi connectivity index (χ4n) is 1.54. The third-order valence-electron chi connectivity index (χ3n) is 2.37. The topological polar surface area (TPSA) is 76.0 Å². The fourth-order valence-corrected chi connectivity index (χ4v) is 2.00. The summed E-state index contributed by atoms with van der Waals surface area (Å²) in [7, 11) is -3.12. The first-order valence-electron chi connectivity index (χ1n) is 6.03. The van der Waals surface area contributed by atoms with Crippen molar-refractivity contribution >= 4 is 10.0 Å². The molecule has 0 saturated heterocycles. The molecule has 0 bridgehead atoms. The van der Waals surface area contributed by atoms with Crippen LogP contribution in [0, 0.1) is 5.92 Å². The van der Waals surface area contributed by atoms with Crippen LogP contribution in [0.4, 0.5) is 0 Å². The Hall–Kier alpha value is -0.920. The minimum absolute atomic E-state index is 0.381. The Morgan fingerprint density at radius 1 is 1.44 bits per heavy atom. The number of aromatic nitrogens is 2. The van der Waals surface area contributed by atoms with E-state index in [1.807, 2.05) is 4.57 Å². The molecular weight excluding hydrogens is 252 g/mol. The molecule has 0 saturated carbocycles. The SMILES string of the molecule is CC(C)CNCc1cncn1CCNS(C)(=O)=O. The summed E-state index contributed by atoms with van der Waals surface area (Å²) in [4.78, 5) is 4.08. The third kappa shape index (κ3) is 6.13. The van der Waals surface area contributed by atoms with Crippen molar-refractivity contribution in [3.63, 3.8) is 0 Å². The first-order valence-corrected chi connectivity index (χ1v) is 7.92. The summed E-state index contributed by atoms with van der Waals surface area (Å²) in [6.07, 6.45) is 4.68. The van der Waals surface area contributed by atoms with Crippen molar-refractivity contribution in [3.8, 4) is 0 Å². The standard InChI is InChI=1S/C11H22N4O2S/c1-10(2)6-12-7-11-8-13-9-15(11)5-4-14-18(3,16)17/h8-10,12,14H,4-7H2,1-3H3. The molecule has 1 aromatic rings. The predicted octanol–water partition coefficient (Wildman–Crippen LogP) is 0.178. The summed E-state index contributed by atoms with van der Waals surface area (Å²) in [5.74, 6) is 0.605. The van der Waals surface area contributed by atoms with Gasteiger partial charge in [0.2, 0.25) is 10.0 Å². The van der Waals surface area contributed by atoms with E-state index >= 15 is 0 Å². The van der Waals surface area contributed by atoms with E-state index in [9.17, 15) is 8.42 Å². The Labute approximate surface area is 109 Å². The van der Waals surface area contributed by atoms with Gasteiger partial charge in [0.05, 0.1) is 18.3 Å². The molecule has 0 aromatic carbocycles. The van der Waals surface area contributed by atoms with Gasteiger partial charge in [0.1, 0.15) is 0 Å². The maximum atomic E-state index is 10.9. The van der Waals surface area contributed by atoms with Crippen molar-refractivity contribution in [1.29, 1.82) is 0 Å². The van der Waals surface area contributed by atoms with Crippen molar-refractivity contribution < 1.29 is 8.42 Å². The lowest BCUT2D eigenvalue weighted by atomic mass is 10.2. The monoisotopic (exact) mass is 274 g/mol. The average molecular weight is 274 g/mol. The lowest BCUT2D eigenvalue weighted by molar-refractivity contribution is 0.531. The maximum Gasteiger partial charge on any atom is 0.208 e. The number of hydrogen-bond donors (Lipinski definition) is 2. The molecule has 1 aromatic heterocycles. The molecular formula is C11H22N4O2S. The van der Waals surface area contributed by atoms with E-state index in [0.717, 1.165) is 25.0 Å². The quantitative estimate of drug-likeness (QED) is 0.709. The predicted molar refractivity (Wildman–Crippen MR) is 71.6 cm³/mol. The highest BCUT2D eigenvalue weighted by atomic mass is 32.2. The van der Waals surface area contributed by atoms with Crippen molar-refractivity contribution in [2.75, 3.05) is 19.3 Å². The van der Waals surface area contributed by atoms with Crippen LogP contribution in [0.3, 0.4) is 0 Å². The van der Waals surface area contributed by atoms with Crippen LogP contribution in [-0.4, -0.2) is 37.3 Å². The summed E-state index contributed by atoms with van der Waals surface area (Å²) in [5, 5.41) is 3.33. The number of sulfonamides is 1. The van der Waals surface area contributed by atoms with Gasteiger partial charge in [-0.2, -0.15) is 0 Å². The van der Waals surface area contributed by atoms with Gasteiger partial charge >= 0.3 is 0 Å². The van der Waals surface area contributed by atoms with Crippen molar-refractivity contribution in [3.05, 3.63) is 18.2 Å². The summed E-state index contributed by atoms with van der Waals surface area (Å²) in [6, 6.07) is 0. The average Bonchev–Trinajstić information content (AvgIpc) is 2.63. The summed E-state index contributed by atoms with van der Waals surface area (Å²) in [5.41, 5.74) is 1.06. The van der Waals surface area contributed by atoms with Gasteiger partial charge in [0.15, 0.2) is 0 Å². The van der Waals surface area contributed by atoms with Gasteiger partial charge in [-0.1, -0.05) is 13.8 Å². The second kappa shape index (κ2) is 6.86. The Morgan fingerprint density at radius 2 is 2.17 bits per heavy atom. The van der Waals surface area contributed by atoms with Crippen molar-refractivity contribution in [1.82, 2.24) is 19.6 Å². The molecule has 0 aliphatic rings. The zero-order chi connectivity index (χ0) is 13.6. The van der Waals surface area contributed by atoms with Crippen LogP contribution in [0.5, 0.6) is 0 Å². The van der Waals surface area contributed by atoms with E-state index in [4.69, 9.17) is 0 Å². The second-order valence-corrected chi connectivity index (χ2v) is 6.60. The zero-order valence-corrected chi connectivity index (χ0v) is 12.0. The van der Waals surface area contributed by atoms with Crippen LogP contribution in [0.2, 0.25) is 0 Å². The molecule has 2 N–H and O–H groups in total. The Balaban J connectivity index is 2.40. The van der Waals surface area contributed by atoms with Gasteiger partial charge in [-0.25, -0.2) is 18.1 Å². The van der Waals surface area contributed by atoms with Gasteiger partial charge < -0.3 is 9.88 Å². The van der Waals surface area contributed by atoms with Crippen LogP contribution in [0.15, 0.2) is 12.5 Å². The minimum Gasteiger partial charge on any atom is -0.332 e. The molecule has 104 valence electrons. The van der Waals surface area contributed by atoms with Gasteiger partial charge in [0, 0.05) is 25.8 Å². The smallest absolute Gasteiger partial charge is 0.208 e. The number of nitrogens with zero attached hydrogens (tertiary/aromatic N) is 2. The lowest BCUT2D eigenvalue weighted by Gasteiger charge is -2.10. The first-order chi connectivity index (χ1) is 8.38. The summed E-state index contributed by atoms with van der Waals surface area (Å²) >= 11 is 0. The largest absolute Gasteiger partial charge is 0.332 e. The molecule has 0 fully saturated rings. The summed E-state index contributed by atoms with van der Waals surface area (Å²) < 4.78 is 26.3. The molecule has 0 aliphatic heterocycles. The molecule has 0 aliphatic carbocycles. The van der Waals surface area contributed by atoms with E-state index in [-0.39, 0.29) is 0 Å². The summed E-state index contributed by atoms with van der Waals surface area (Å²) in [6.45, 7) is 6.97. The Morgan fingerprint density at radius 3 is 2.78 bits per heavy atom. The maximum absolute atomic E-state index is 10.9. The highest BCUT2D eigenvalue weighted by Gasteiger charge is 2.04. The van der Waals surface area contributed by atoms with Crippen LogP contribution in [0.25, 0.3) is 0 Å². The number of imidazole rings is 1. The van der Waals surface area contributed by atoms with Gasteiger partial charge in [-0.15, -0.1) is 0 Å². The van der Waals surface area contributed by atoms with E-state index in [1.54, 1.807) is 12.5 Å². The Bertz CT molecular complexity index is 453. The van der Waals surface area contributed by atoms with E-state index in [2.05, 4.69) is 28.9 Å². The molecule has 0 spiro atoms. The highest BCUT2D eigenvalue weighted by Crippen LogP contribution is 1.99. The second-order valence-electron chi connectivity index (χ2n) is 4.77. The van der Waals surface area contributed by atoms with Crippen LogP contribution in [-0.2, 0) is 23.1 Å². The highest BCUT2D eigenvalue weighted by molar-refractivity contribution is 7.88. The first kappa shape index (κ1) is 15.1. The zero-order valence-electron chi connectivity index (χ0n) is 11.2. The lowest BCUT2D eigenvalue weighted by Crippen LogP contribution is -2.27. The molecule has 1 heterocycles. The number of hydrogen-bond acceptors (Lipinski definition) is 4. The molecule has 1 rings (SSSR count). The third-order valence-corrected chi connectivity index (χ3v) is 3.10. The molecule has 0 radical (unpaired) electrons. The van der Waals surface area contributed by atoms with E-state index < -0.39 is 10.0 Å². The van der Waals surface area contributed by atoms with Crippen LogP contribution in [0.1, 0.15) is 19.5 Å². The van der Waals surface area contributed by atoms with Crippen molar-refractivity contribution in [2.45, 2.75) is 26.9 Å². The van der Waals surface area contributed by atoms with Crippen molar-refractivity contribution in [2.24, 2.45) is 5.92 Å². The molecule has 0 atom stereocenters. The van der Waals surface area contributed by atoms with Gasteiger partial charge in [-0.05, 0) is 12.5 Å². The molecule has 6 nitrogen and oxygen atoms in total. The Kier molecular flexibility index (Phi) is 5.77. The molecule has 0 amide bonds. The number of nitrogens with one attached hydrogen (secondary N) is 2. The van der Waals surface area contributed by atoms with E-state index in [0.29, 0.717) is 19.0 Å². The fraction of sp³-hybridized carbons (Fsp3) is 0.727. The molecule has 7 heteroatoms. The molecule has 18 heavy (non-hydrogen) atoms. The number of rotatable bonds is 8. The van der Waals surface area contributed by atoms with Gasteiger partial charge in [0.25, 0.3) is 0 Å². The van der Waals surface area contributed by atoms with Crippen LogP contribution >= 0.6 is 0 Å². The minimum atomic E-state index is -3.12. The van der Waals surface area contributed by atoms with E-state index in [1.165, 1.54) is 0 Å². The molecule has 0 unspecified atom stereocenters.